The van der Waals surface area contributed by atoms with Crippen molar-refractivity contribution in [3.05, 3.63) is 0 Å². The molecule has 0 saturated carbocycles. The van der Waals surface area contributed by atoms with E-state index in [1.807, 2.05) is 0 Å². The van der Waals surface area contributed by atoms with Crippen LogP contribution in [0.15, 0.2) is 0 Å². The summed E-state index contributed by atoms with van der Waals surface area (Å²) in [6.45, 7) is 14.5. The molecule has 2 rings (SSSR count). The fourth-order valence-electron chi connectivity index (χ4n) is 2.91. The Labute approximate surface area is 112 Å². The summed E-state index contributed by atoms with van der Waals surface area (Å²) in [7, 11) is 0. The fraction of sp³-hybridized carbons (Fsp3) is 1.00. The Morgan fingerprint density at radius 1 is 1.28 bits per heavy atom. The van der Waals surface area contributed by atoms with Crippen molar-refractivity contribution in [2.24, 2.45) is 0 Å². The number of rotatable bonds is 5. The third kappa shape index (κ3) is 3.92. The Morgan fingerprint density at radius 2 is 2.11 bits per heavy atom. The molecule has 2 aliphatic heterocycles. The monoisotopic (exact) mass is 255 g/mol. The molecule has 0 radical (unpaired) electrons. The average Bonchev–Trinajstić information content (AvgIpc) is 2.85. The van der Waals surface area contributed by atoms with Gasteiger partial charge in [0.2, 0.25) is 0 Å². The lowest BCUT2D eigenvalue weighted by Crippen LogP contribution is -2.48. The van der Waals surface area contributed by atoms with Gasteiger partial charge < -0.3 is 10.1 Å². The van der Waals surface area contributed by atoms with Crippen LogP contribution in [0.1, 0.15) is 27.2 Å². The van der Waals surface area contributed by atoms with Gasteiger partial charge in [-0.3, -0.25) is 9.80 Å². The van der Waals surface area contributed by atoms with E-state index in [1.54, 1.807) is 0 Å². The molecule has 0 bridgehead atoms. The minimum atomic E-state index is 0.381. The third-order valence-corrected chi connectivity index (χ3v) is 4.25. The highest BCUT2D eigenvalue weighted by Crippen LogP contribution is 2.12. The number of nitrogens with one attached hydrogen (secondary N) is 1. The lowest BCUT2D eigenvalue weighted by atomic mass is 10.2. The number of likely N-dealkylation sites (tertiary alicyclic amines) is 1. The summed E-state index contributed by atoms with van der Waals surface area (Å²) in [6, 6.07) is 1.34. The van der Waals surface area contributed by atoms with Gasteiger partial charge in [0.1, 0.15) is 0 Å². The van der Waals surface area contributed by atoms with E-state index in [9.17, 15) is 0 Å². The molecule has 18 heavy (non-hydrogen) atoms. The highest BCUT2D eigenvalue weighted by atomic mass is 16.5. The number of likely N-dealkylation sites (N-methyl/N-ethyl adjacent to an activating group) is 1. The van der Waals surface area contributed by atoms with Gasteiger partial charge in [0, 0.05) is 38.3 Å². The van der Waals surface area contributed by atoms with Crippen LogP contribution >= 0.6 is 0 Å². The lowest BCUT2D eigenvalue weighted by molar-refractivity contribution is -0.0262. The molecule has 0 spiro atoms. The maximum atomic E-state index is 5.83. The largest absolute Gasteiger partial charge is 0.374 e. The Kier molecular flexibility index (Phi) is 5.42. The van der Waals surface area contributed by atoms with Crippen LogP contribution in [-0.4, -0.2) is 73.9 Å². The van der Waals surface area contributed by atoms with E-state index in [1.165, 1.54) is 19.5 Å². The highest BCUT2D eigenvalue weighted by Gasteiger charge is 2.25. The number of nitrogens with zero attached hydrogens (tertiary/aromatic N) is 2. The molecule has 2 fully saturated rings. The maximum absolute atomic E-state index is 5.83. The van der Waals surface area contributed by atoms with Crippen molar-refractivity contribution in [2.75, 3.05) is 45.9 Å². The van der Waals surface area contributed by atoms with Gasteiger partial charge >= 0.3 is 0 Å². The highest BCUT2D eigenvalue weighted by molar-refractivity contribution is 4.84. The Hall–Kier alpha value is -0.160. The minimum absolute atomic E-state index is 0.381. The van der Waals surface area contributed by atoms with E-state index in [2.05, 4.69) is 35.9 Å². The van der Waals surface area contributed by atoms with Crippen molar-refractivity contribution in [3.8, 4) is 0 Å². The second-order valence-corrected chi connectivity index (χ2v) is 5.87. The van der Waals surface area contributed by atoms with Crippen molar-refractivity contribution < 1.29 is 4.74 Å². The first-order valence-corrected chi connectivity index (χ1v) is 7.50. The molecule has 0 aliphatic carbocycles. The molecule has 2 saturated heterocycles. The average molecular weight is 255 g/mol. The van der Waals surface area contributed by atoms with Crippen LogP contribution in [0.3, 0.4) is 0 Å². The van der Waals surface area contributed by atoms with Crippen molar-refractivity contribution in [2.45, 2.75) is 45.4 Å². The van der Waals surface area contributed by atoms with Crippen LogP contribution in [0.2, 0.25) is 0 Å². The Balaban J connectivity index is 1.66. The maximum Gasteiger partial charge on any atom is 0.0826 e. The SMILES string of the molecule is CCN1CCOC(CNC2CCN(C(C)C)C2)C1. The summed E-state index contributed by atoms with van der Waals surface area (Å²) in [5.74, 6) is 0. The van der Waals surface area contributed by atoms with Gasteiger partial charge in [0.15, 0.2) is 0 Å². The molecule has 0 aromatic rings. The standard InChI is InChI=1S/C14H29N3O/c1-4-16-7-8-18-14(11-16)9-15-13-5-6-17(10-13)12(2)3/h12-15H,4-11H2,1-3H3. The van der Waals surface area contributed by atoms with Gasteiger partial charge in [-0.15, -0.1) is 0 Å². The fourth-order valence-corrected chi connectivity index (χ4v) is 2.91. The van der Waals surface area contributed by atoms with Crippen LogP contribution in [0.25, 0.3) is 0 Å². The summed E-state index contributed by atoms with van der Waals surface area (Å²) in [4.78, 5) is 5.03. The molecule has 2 atom stereocenters. The molecular weight excluding hydrogens is 226 g/mol. The molecule has 0 aromatic carbocycles. The molecular formula is C14H29N3O. The summed E-state index contributed by atoms with van der Waals surface area (Å²) < 4.78 is 5.83. The van der Waals surface area contributed by atoms with Crippen molar-refractivity contribution in [1.82, 2.24) is 15.1 Å². The van der Waals surface area contributed by atoms with Gasteiger partial charge in [0.05, 0.1) is 12.7 Å². The Bertz CT molecular complexity index is 247. The predicted octanol–water partition coefficient (Wildman–Crippen LogP) is 0.779. The van der Waals surface area contributed by atoms with Crippen LogP contribution in [0, 0.1) is 0 Å². The smallest absolute Gasteiger partial charge is 0.0826 e. The molecule has 1 N–H and O–H groups in total. The van der Waals surface area contributed by atoms with Gasteiger partial charge in [-0.2, -0.15) is 0 Å². The summed E-state index contributed by atoms with van der Waals surface area (Å²) in [5.41, 5.74) is 0. The number of ether oxygens (including phenoxy) is 1. The van der Waals surface area contributed by atoms with Gasteiger partial charge in [-0.25, -0.2) is 0 Å². The van der Waals surface area contributed by atoms with E-state index in [0.717, 1.165) is 32.8 Å². The minimum Gasteiger partial charge on any atom is -0.374 e. The van der Waals surface area contributed by atoms with E-state index in [4.69, 9.17) is 4.74 Å². The first kappa shape index (κ1) is 14.3. The number of hydrogen-bond donors (Lipinski definition) is 1. The molecule has 2 aliphatic rings. The summed E-state index contributed by atoms with van der Waals surface area (Å²) in [6.07, 6.45) is 1.66. The van der Waals surface area contributed by atoms with Gasteiger partial charge in [0.25, 0.3) is 0 Å². The zero-order valence-electron chi connectivity index (χ0n) is 12.2. The van der Waals surface area contributed by atoms with Gasteiger partial charge in [-0.05, 0) is 33.4 Å². The van der Waals surface area contributed by atoms with Crippen LogP contribution < -0.4 is 5.32 Å². The zero-order chi connectivity index (χ0) is 13.0. The quantitative estimate of drug-likeness (QED) is 0.786. The normalized spacial score (nSPS) is 31.3. The molecule has 2 unspecified atom stereocenters. The first-order valence-electron chi connectivity index (χ1n) is 7.50. The molecule has 4 heteroatoms. The zero-order valence-corrected chi connectivity index (χ0v) is 12.2. The topological polar surface area (TPSA) is 27.7 Å². The third-order valence-electron chi connectivity index (χ3n) is 4.25. The predicted molar refractivity (Wildman–Crippen MR) is 75.0 cm³/mol. The van der Waals surface area contributed by atoms with Crippen LogP contribution in [-0.2, 0) is 4.74 Å². The molecule has 0 aromatic heterocycles. The summed E-state index contributed by atoms with van der Waals surface area (Å²) >= 11 is 0. The summed E-state index contributed by atoms with van der Waals surface area (Å²) in [5, 5.41) is 3.69. The Morgan fingerprint density at radius 3 is 2.78 bits per heavy atom. The van der Waals surface area contributed by atoms with Crippen molar-refractivity contribution >= 4 is 0 Å². The van der Waals surface area contributed by atoms with Crippen LogP contribution in [0.5, 0.6) is 0 Å². The van der Waals surface area contributed by atoms with Crippen molar-refractivity contribution in [1.29, 1.82) is 0 Å². The van der Waals surface area contributed by atoms with Crippen LogP contribution in [0.4, 0.5) is 0 Å². The second-order valence-electron chi connectivity index (χ2n) is 5.87. The second kappa shape index (κ2) is 6.85. The lowest BCUT2D eigenvalue weighted by Gasteiger charge is -2.32. The van der Waals surface area contributed by atoms with E-state index < -0.39 is 0 Å². The number of hydrogen-bond acceptors (Lipinski definition) is 4. The molecule has 2 heterocycles. The molecule has 4 nitrogen and oxygen atoms in total. The van der Waals surface area contributed by atoms with Gasteiger partial charge in [-0.1, -0.05) is 6.92 Å². The van der Waals surface area contributed by atoms with E-state index in [-0.39, 0.29) is 0 Å². The van der Waals surface area contributed by atoms with E-state index in [0.29, 0.717) is 18.2 Å². The van der Waals surface area contributed by atoms with E-state index >= 15 is 0 Å². The first-order chi connectivity index (χ1) is 8.69. The molecule has 106 valence electrons. The number of morpholine rings is 1. The van der Waals surface area contributed by atoms with Crippen molar-refractivity contribution in [3.63, 3.8) is 0 Å². The molecule has 0 amide bonds.